The highest BCUT2D eigenvalue weighted by atomic mass is 32.2. The van der Waals surface area contributed by atoms with Gasteiger partial charge in [0, 0.05) is 10.6 Å². The Labute approximate surface area is 146 Å². The number of carbonyl (C=O) groups excluding carboxylic acids is 1. The number of thioether (sulfide) groups is 1. The van der Waals surface area contributed by atoms with E-state index in [1.54, 1.807) is 11.8 Å². The van der Waals surface area contributed by atoms with Gasteiger partial charge in [-0.1, -0.05) is 66.2 Å². The molecule has 0 aliphatic heterocycles. The lowest BCUT2D eigenvalue weighted by Gasteiger charge is -2.17. The molecular weight excluding hydrogens is 314 g/mol. The number of rotatable bonds is 5. The molecule has 0 heterocycles. The zero-order chi connectivity index (χ0) is 16.8. The Morgan fingerprint density at radius 3 is 2.04 bits per heavy atom. The van der Waals surface area contributed by atoms with Gasteiger partial charge in [-0.2, -0.15) is 0 Å². The molecule has 3 aromatic carbocycles. The van der Waals surface area contributed by atoms with Gasteiger partial charge >= 0.3 is 0 Å². The number of benzene rings is 3. The molecule has 0 aliphatic carbocycles. The molecule has 3 heteroatoms. The molecule has 1 amide bonds. The number of nitrogens with one attached hydrogen (secondary N) is 1. The minimum absolute atomic E-state index is 0.0149. The molecule has 120 valence electrons. The summed E-state index contributed by atoms with van der Waals surface area (Å²) >= 11 is 1.56. The zero-order valence-corrected chi connectivity index (χ0v) is 14.3. The van der Waals surface area contributed by atoms with Gasteiger partial charge in [0.1, 0.15) is 5.25 Å². The maximum atomic E-state index is 12.9. The number of amides is 1. The van der Waals surface area contributed by atoms with E-state index in [0.717, 1.165) is 16.1 Å². The van der Waals surface area contributed by atoms with E-state index in [1.165, 1.54) is 5.56 Å². The molecule has 3 rings (SSSR count). The highest BCUT2D eigenvalue weighted by Crippen LogP contribution is 2.36. The molecule has 0 saturated heterocycles. The summed E-state index contributed by atoms with van der Waals surface area (Å²) in [7, 11) is 0. The first kappa shape index (κ1) is 16.3. The van der Waals surface area contributed by atoms with E-state index in [-0.39, 0.29) is 11.2 Å². The molecule has 0 radical (unpaired) electrons. The van der Waals surface area contributed by atoms with Gasteiger partial charge in [-0.05, 0) is 36.8 Å². The van der Waals surface area contributed by atoms with Crippen LogP contribution in [-0.4, -0.2) is 5.91 Å². The molecule has 0 fully saturated rings. The number of hydrogen-bond donors (Lipinski definition) is 1. The molecule has 1 atom stereocenters. The Kier molecular flexibility index (Phi) is 5.34. The number of hydrogen-bond acceptors (Lipinski definition) is 2. The van der Waals surface area contributed by atoms with Crippen molar-refractivity contribution in [3.8, 4) is 0 Å². The van der Waals surface area contributed by atoms with Gasteiger partial charge in [-0.25, -0.2) is 0 Å². The molecule has 0 saturated carbocycles. The third-order valence-corrected chi connectivity index (χ3v) is 4.92. The Morgan fingerprint density at radius 1 is 0.833 bits per heavy atom. The molecule has 1 unspecified atom stereocenters. The molecule has 0 aliphatic rings. The van der Waals surface area contributed by atoms with E-state index in [1.807, 2.05) is 91.9 Å². The SMILES string of the molecule is Cc1ccc(NC(=O)C(Sc2ccccc2)c2ccccc2)cc1. The Hall–Kier alpha value is -2.52. The summed E-state index contributed by atoms with van der Waals surface area (Å²) in [6.07, 6.45) is 0. The predicted molar refractivity (Wildman–Crippen MR) is 101 cm³/mol. The van der Waals surface area contributed by atoms with Crippen LogP contribution < -0.4 is 5.32 Å². The van der Waals surface area contributed by atoms with E-state index in [9.17, 15) is 4.79 Å². The van der Waals surface area contributed by atoms with Gasteiger partial charge < -0.3 is 5.32 Å². The fraction of sp³-hybridized carbons (Fsp3) is 0.0952. The second-order valence-corrected chi connectivity index (χ2v) is 6.76. The van der Waals surface area contributed by atoms with Gasteiger partial charge in [0.2, 0.25) is 5.91 Å². The van der Waals surface area contributed by atoms with E-state index in [4.69, 9.17) is 0 Å². The quantitative estimate of drug-likeness (QED) is 0.628. The highest BCUT2D eigenvalue weighted by molar-refractivity contribution is 8.00. The van der Waals surface area contributed by atoms with Crippen LogP contribution in [-0.2, 0) is 4.79 Å². The first-order chi connectivity index (χ1) is 11.7. The van der Waals surface area contributed by atoms with E-state index < -0.39 is 0 Å². The lowest BCUT2D eigenvalue weighted by molar-refractivity contribution is -0.115. The summed E-state index contributed by atoms with van der Waals surface area (Å²) in [6, 6.07) is 27.8. The van der Waals surface area contributed by atoms with Crippen LogP contribution >= 0.6 is 11.8 Å². The second-order valence-electron chi connectivity index (χ2n) is 5.58. The molecule has 3 aromatic rings. The van der Waals surface area contributed by atoms with E-state index in [0.29, 0.717) is 0 Å². The van der Waals surface area contributed by atoms with Gasteiger partial charge in [-0.15, -0.1) is 11.8 Å². The van der Waals surface area contributed by atoms with Gasteiger partial charge in [-0.3, -0.25) is 4.79 Å². The minimum Gasteiger partial charge on any atom is -0.325 e. The van der Waals surface area contributed by atoms with Gasteiger partial charge in [0.15, 0.2) is 0 Å². The summed E-state index contributed by atoms with van der Waals surface area (Å²) < 4.78 is 0. The largest absolute Gasteiger partial charge is 0.325 e. The summed E-state index contributed by atoms with van der Waals surface area (Å²) in [5.41, 5.74) is 2.99. The fourth-order valence-electron chi connectivity index (χ4n) is 2.38. The van der Waals surface area contributed by atoms with Crippen LogP contribution in [0.1, 0.15) is 16.4 Å². The van der Waals surface area contributed by atoms with Crippen molar-refractivity contribution in [2.75, 3.05) is 5.32 Å². The number of carbonyl (C=O) groups is 1. The summed E-state index contributed by atoms with van der Waals surface area (Å²) in [4.78, 5) is 13.9. The number of anilines is 1. The van der Waals surface area contributed by atoms with E-state index in [2.05, 4.69) is 5.32 Å². The molecule has 1 N–H and O–H groups in total. The van der Waals surface area contributed by atoms with E-state index >= 15 is 0 Å². The van der Waals surface area contributed by atoms with Crippen LogP contribution in [0.2, 0.25) is 0 Å². The van der Waals surface area contributed by atoms with Crippen LogP contribution in [0.15, 0.2) is 89.8 Å². The van der Waals surface area contributed by atoms with Crippen LogP contribution in [0.5, 0.6) is 0 Å². The van der Waals surface area contributed by atoms with Crippen molar-refractivity contribution in [1.82, 2.24) is 0 Å². The van der Waals surface area contributed by atoms with Crippen molar-refractivity contribution in [3.05, 3.63) is 96.1 Å². The maximum absolute atomic E-state index is 12.9. The van der Waals surface area contributed by atoms with Crippen molar-refractivity contribution in [2.24, 2.45) is 0 Å². The molecule has 24 heavy (non-hydrogen) atoms. The van der Waals surface area contributed by atoms with Crippen molar-refractivity contribution in [3.63, 3.8) is 0 Å². The Bertz CT molecular complexity index is 785. The van der Waals surface area contributed by atoms with Crippen molar-refractivity contribution in [1.29, 1.82) is 0 Å². The first-order valence-electron chi connectivity index (χ1n) is 7.86. The van der Waals surface area contributed by atoms with Crippen LogP contribution in [0.3, 0.4) is 0 Å². The summed E-state index contributed by atoms with van der Waals surface area (Å²) in [5, 5.41) is 2.73. The average Bonchev–Trinajstić information content (AvgIpc) is 2.63. The summed E-state index contributed by atoms with van der Waals surface area (Å²) in [6.45, 7) is 2.03. The minimum atomic E-state index is -0.296. The standard InChI is InChI=1S/C21H19NOS/c1-16-12-14-18(15-13-16)22-21(23)20(17-8-4-2-5-9-17)24-19-10-6-3-7-11-19/h2-15,20H,1H3,(H,22,23). The molecular formula is C21H19NOS. The lowest BCUT2D eigenvalue weighted by atomic mass is 10.1. The summed E-state index contributed by atoms with van der Waals surface area (Å²) in [5.74, 6) is -0.0149. The first-order valence-corrected chi connectivity index (χ1v) is 8.74. The highest BCUT2D eigenvalue weighted by Gasteiger charge is 2.22. The van der Waals surface area contributed by atoms with Crippen LogP contribution in [0, 0.1) is 6.92 Å². The van der Waals surface area contributed by atoms with Crippen LogP contribution in [0.25, 0.3) is 0 Å². The second kappa shape index (κ2) is 7.84. The molecule has 0 spiro atoms. The third-order valence-electron chi connectivity index (χ3n) is 3.66. The number of aryl methyl sites for hydroxylation is 1. The average molecular weight is 333 g/mol. The van der Waals surface area contributed by atoms with Crippen molar-refractivity contribution in [2.45, 2.75) is 17.1 Å². The van der Waals surface area contributed by atoms with Gasteiger partial charge in [0.25, 0.3) is 0 Å². The molecule has 0 bridgehead atoms. The Balaban J connectivity index is 1.83. The van der Waals surface area contributed by atoms with Crippen molar-refractivity contribution >= 4 is 23.4 Å². The monoisotopic (exact) mass is 333 g/mol. The van der Waals surface area contributed by atoms with Gasteiger partial charge in [0.05, 0.1) is 0 Å². The van der Waals surface area contributed by atoms with Crippen LogP contribution in [0.4, 0.5) is 5.69 Å². The lowest BCUT2D eigenvalue weighted by Crippen LogP contribution is -2.19. The fourth-order valence-corrected chi connectivity index (χ4v) is 3.43. The maximum Gasteiger partial charge on any atom is 0.242 e. The molecule has 2 nitrogen and oxygen atoms in total. The normalized spacial score (nSPS) is 11.7. The molecule has 0 aromatic heterocycles. The smallest absolute Gasteiger partial charge is 0.242 e. The predicted octanol–water partition coefficient (Wildman–Crippen LogP) is 5.47. The Morgan fingerprint density at radius 2 is 1.42 bits per heavy atom. The zero-order valence-electron chi connectivity index (χ0n) is 13.5. The topological polar surface area (TPSA) is 29.1 Å². The van der Waals surface area contributed by atoms with Crippen molar-refractivity contribution < 1.29 is 4.79 Å². The third kappa shape index (κ3) is 4.27.